The molecule has 0 amide bonds. The topological polar surface area (TPSA) is 73.2 Å². The zero-order valence-corrected chi connectivity index (χ0v) is 12.0. The van der Waals surface area contributed by atoms with Crippen LogP contribution in [0.15, 0.2) is 23.1 Å². The number of nitrogens with one attached hydrogen (secondary N) is 1. The van der Waals surface area contributed by atoms with E-state index in [0.717, 1.165) is 0 Å². The van der Waals surface area contributed by atoms with E-state index in [1.807, 2.05) is 6.07 Å². The first-order chi connectivity index (χ1) is 9.00. The van der Waals surface area contributed by atoms with Crippen LogP contribution in [-0.4, -0.2) is 38.4 Å². The molecular weight excluding hydrogens is 286 g/mol. The molecule has 0 aromatic heterocycles. The van der Waals surface area contributed by atoms with Gasteiger partial charge in [-0.2, -0.15) is 9.57 Å². The molecular formula is C12H14ClN3O2S. The summed E-state index contributed by atoms with van der Waals surface area (Å²) < 4.78 is 26.5. The smallest absolute Gasteiger partial charge is 0.243 e. The van der Waals surface area contributed by atoms with Gasteiger partial charge in [-0.3, -0.25) is 0 Å². The minimum Gasteiger partial charge on any atom is -0.313 e. The van der Waals surface area contributed by atoms with Crippen molar-refractivity contribution in [3.05, 3.63) is 28.8 Å². The molecule has 0 atom stereocenters. The number of sulfonamides is 1. The Bertz CT molecular complexity index is 620. The van der Waals surface area contributed by atoms with Crippen LogP contribution in [-0.2, 0) is 10.0 Å². The Hall–Kier alpha value is -1.13. The van der Waals surface area contributed by atoms with Gasteiger partial charge in [-0.05, 0) is 18.2 Å². The molecule has 2 rings (SSSR count). The number of hydrogen-bond acceptors (Lipinski definition) is 4. The third-order valence-corrected chi connectivity index (χ3v) is 5.48. The summed E-state index contributed by atoms with van der Waals surface area (Å²) in [5, 5.41) is 12.0. The Kier molecular flexibility index (Phi) is 4.11. The van der Waals surface area contributed by atoms with E-state index in [0.29, 0.717) is 19.6 Å². The number of nitriles is 1. The number of hydrogen-bond donors (Lipinski definition) is 1. The fourth-order valence-corrected chi connectivity index (χ4v) is 3.93. The summed E-state index contributed by atoms with van der Waals surface area (Å²) in [6, 6.07) is 6.10. The molecule has 1 aromatic carbocycles. The van der Waals surface area contributed by atoms with E-state index in [4.69, 9.17) is 16.9 Å². The fraction of sp³-hybridized carbons (Fsp3) is 0.417. The number of halogens is 1. The molecule has 1 saturated heterocycles. The van der Waals surface area contributed by atoms with Crippen LogP contribution in [0, 0.1) is 11.3 Å². The summed E-state index contributed by atoms with van der Waals surface area (Å²) in [6.45, 7) is 3.54. The van der Waals surface area contributed by atoms with Gasteiger partial charge in [0.05, 0.1) is 15.5 Å². The standard InChI is InChI=1S/C12H14ClN3O2S/c1-2-16(10-7-15-8-10)19(17,18)11-4-3-9(6-14)12(13)5-11/h3-5,10,15H,2,7-8H2,1H3. The lowest BCUT2D eigenvalue weighted by atomic mass is 10.2. The van der Waals surface area contributed by atoms with E-state index in [9.17, 15) is 8.42 Å². The zero-order chi connectivity index (χ0) is 14.0. The molecule has 102 valence electrons. The van der Waals surface area contributed by atoms with Crippen LogP contribution in [0.4, 0.5) is 0 Å². The van der Waals surface area contributed by atoms with E-state index in [2.05, 4.69) is 5.32 Å². The maximum absolute atomic E-state index is 12.5. The Labute approximate surface area is 117 Å². The molecule has 1 heterocycles. The average Bonchev–Trinajstić information content (AvgIpc) is 2.33. The SMILES string of the molecule is CCN(C1CNC1)S(=O)(=O)c1ccc(C#N)c(Cl)c1. The molecule has 1 N–H and O–H groups in total. The summed E-state index contributed by atoms with van der Waals surface area (Å²) in [7, 11) is -3.56. The van der Waals surface area contributed by atoms with Gasteiger partial charge < -0.3 is 5.32 Å². The Balaban J connectivity index is 2.38. The van der Waals surface area contributed by atoms with Crippen LogP contribution in [0.25, 0.3) is 0 Å². The van der Waals surface area contributed by atoms with E-state index in [1.54, 1.807) is 6.92 Å². The summed E-state index contributed by atoms with van der Waals surface area (Å²) in [5.41, 5.74) is 0.272. The van der Waals surface area contributed by atoms with Gasteiger partial charge in [0.15, 0.2) is 0 Å². The van der Waals surface area contributed by atoms with Crippen molar-refractivity contribution in [2.45, 2.75) is 17.9 Å². The summed E-state index contributed by atoms with van der Waals surface area (Å²) >= 11 is 5.89. The van der Waals surface area contributed by atoms with E-state index >= 15 is 0 Å². The third kappa shape index (κ3) is 2.60. The minimum atomic E-state index is -3.56. The Morgan fingerprint density at radius 3 is 2.63 bits per heavy atom. The molecule has 5 nitrogen and oxygen atoms in total. The molecule has 7 heteroatoms. The van der Waals surface area contributed by atoms with Crippen molar-refractivity contribution in [3.63, 3.8) is 0 Å². The van der Waals surface area contributed by atoms with Gasteiger partial charge in [0.25, 0.3) is 0 Å². The second-order valence-corrected chi connectivity index (χ2v) is 6.57. The van der Waals surface area contributed by atoms with Crippen molar-refractivity contribution in [2.75, 3.05) is 19.6 Å². The quantitative estimate of drug-likeness (QED) is 0.906. The minimum absolute atomic E-state index is 0.00980. The number of likely N-dealkylation sites (N-methyl/N-ethyl adjacent to an activating group) is 1. The van der Waals surface area contributed by atoms with Crippen LogP contribution in [0.2, 0.25) is 5.02 Å². The highest BCUT2D eigenvalue weighted by Gasteiger charge is 2.33. The Morgan fingerprint density at radius 2 is 2.21 bits per heavy atom. The molecule has 0 radical (unpaired) electrons. The summed E-state index contributed by atoms with van der Waals surface area (Å²) in [6.07, 6.45) is 0. The van der Waals surface area contributed by atoms with Crippen LogP contribution in [0.5, 0.6) is 0 Å². The normalized spacial score (nSPS) is 16.1. The van der Waals surface area contributed by atoms with Gasteiger partial charge in [-0.1, -0.05) is 18.5 Å². The first-order valence-electron chi connectivity index (χ1n) is 5.93. The first-order valence-corrected chi connectivity index (χ1v) is 7.74. The molecule has 0 aliphatic carbocycles. The fourth-order valence-electron chi connectivity index (χ4n) is 1.98. The maximum Gasteiger partial charge on any atom is 0.243 e. The van der Waals surface area contributed by atoms with Crippen molar-refractivity contribution in [1.29, 1.82) is 5.26 Å². The van der Waals surface area contributed by atoms with Crippen molar-refractivity contribution >= 4 is 21.6 Å². The van der Waals surface area contributed by atoms with Crippen molar-refractivity contribution in [3.8, 4) is 6.07 Å². The van der Waals surface area contributed by atoms with Crippen LogP contribution < -0.4 is 5.32 Å². The van der Waals surface area contributed by atoms with Gasteiger partial charge in [-0.25, -0.2) is 8.42 Å². The molecule has 0 bridgehead atoms. The lowest BCUT2D eigenvalue weighted by Crippen LogP contribution is -2.58. The summed E-state index contributed by atoms with van der Waals surface area (Å²) in [4.78, 5) is 0.130. The van der Waals surface area contributed by atoms with E-state index in [1.165, 1.54) is 22.5 Å². The van der Waals surface area contributed by atoms with E-state index in [-0.39, 0.29) is 21.5 Å². The lowest BCUT2D eigenvalue weighted by molar-refractivity contribution is 0.249. The highest BCUT2D eigenvalue weighted by molar-refractivity contribution is 7.89. The van der Waals surface area contributed by atoms with Crippen LogP contribution in [0.1, 0.15) is 12.5 Å². The molecule has 1 fully saturated rings. The molecule has 0 saturated carbocycles. The molecule has 1 aliphatic heterocycles. The van der Waals surface area contributed by atoms with Crippen molar-refractivity contribution < 1.29 is 8.42 Å². The summed E-state index contributed by atoms with van der Waals surface area (Å²) in [5.74, 6) is 0. The second-order valence-electron chi connectivity index (χ2n) is 4.27. The Morgan fingerprint density at radius 1 is 1.53 bits per heavy atom. The predicted octanol–water partition coefficient (Wildman–Crippen LogP) is 1.19. The first kappa shape index (κ1) is 14.3. The van der Waals surface area contributed by atoms with Crippen molar-refractivity contribution in [1.82, 2.24) is 9.62 Å². The molecule has 19 heavy (non-hydrogen) atoms. The van der Waals surface area contributed by atoms with Crippen molar-refractivity contribution in [2.24, 2.45) is 0 Å². The second kappa shape index (κ2) is 5.47. The largest absolute Gasteiger partial charge is 0.313 e. The maximum atomic E-state index is 12.5. The number of nitrogens with zero attached hydrogens (tertiary/aromatic N) is 2. The van der Waals surface area contributed by atoms with Crippen LogP contribution in [0.3, 0.4) is 0 Å². The number of rotatable bonds is 4. The van der Waals surface area contributed by atoms with Gasteiger partial charge >= 0.3 is 0 Å². The number of benzene rings is 1. The van der Waals surface area contributed by atoms with Gasteiger partial charge in [-0.15, -0.1) is 0 Å². The van der Waals surface area contributed by atoms with Gasteiger partial charge in [0.2, 0.25) is 10.0 Å². The molecule has 0 spiro atoms. The highest BCUT2D eigenvalue weighted by Crippen LogP contribution is 2.24. The predicted molar refractivity (Wildman–Crippen MR) is 72.4 cm³/mol. The van der Waals surface area contributed by atoms with Gasteiger partial charge in [0.1, 0.15) is 6.07 Å². The van der Waals surface area contributed by atoms with Crippen LogP contribution >= 0.6 is 11.6 Å². The average molecular weight is 300 g/mol. The monoisotopic (exact) mass is 299 g/mol. The van der Waals surface area contributed by atoms with E-state index < -0.39 is 10.0 Å². The molecule has 1 aliphatic rings. The highest BCUT2D eigenvalue weighted by atomic mass is 35.5. The zero-order valence-electron chi connectivity index (χ0n) is 10.4. The van der Waals surface area contributed by atoms with Gasteiger partial charge in [0, 0.05) is 25.7 Å². The lowest BCUT2D eigenvalue weighted by Gasteiger charge is -2.36. The molecule has 0 unspecified atom stereocenters. The molecule has 1 aromatic rings. The third-order valence-electron chi connectivity index (χ3n) is 3.15.